The molecule has 40 heavy (non-hydrogen) atoms. The number of hydrogen-bond acceptors (Lipinski definition) is 6. The van der Waals surface area contributed by atoms with Gasteiger partial charge in [-0.3, -0.25) is 4.79 Å². The third-order valence-corrected chi connectivity index (χ3v) is 7.59. The number of benzene rings is 2. The van der Waals surface area contributed by atoms with Gasteiger partial charge in [-0.2, -0.15) is 0 Å². The molecule has 218 valence electrons. The number of hydrogen-bond donors (Lipinski definition) is 1. The molecule has 3 aromatic rings. The molecule has 9 heteroatoms. The van der Waals surface area contributed by atoms with Gasteiger partial charge in [0, 0.05) is 31.5 Å². The van der Waals surface area contributed by atoms with Crippen molar-refractivity contribution < 1.29 is 18.7 Å². The van der Waals surface area contributed by atoms with E-state index >= 15 is 0 Å². The topological polar surface area (TPSA) is 76.6 Å². The molecular weight excluding hydrogens is 531 g/mol. The summed E-state index contributed by atoms with van der Waals surface area (Å²) in [6.45, 7) is 6.46. The fraction of sp³-hybridized carbons (Fsp3) is 0.516. The zero-order valence-electron chi connectivity index (χ0n) is 24.5. The van der Waals surface area contributed by atoms with Crippen molar-refractivity contribution in [3.63, 3.8) is 0 Å². The van der Waals surface area contributed by atoms with Gasteiger partial charge >= 0.3 is 0 Å². The van der Waals surface area contributed by atoms with Gasteiger partial charge in [0.1, 0.15) is 12.1 Å². The van der Waals surface area contributed by atoms with Gasteiger partial charge in [0.15, 0.2) is 17.3 Å². The summed E-state index contributed by atoms with van der Waals surface area (Å²) in [5.74, 6) is 2.47. The van der Waals surface area contributed by atoms with Gasteiger partial charge in [-0.15, -0.1) is 0 Å². The predicted molar refractivity (Wildman–Crippen MR) is 160 cm³/mol. The third-order valence-electron chi connectivity index (χ3n) is 7.30. The van der Waals surface area contributed by atoms with E-state index in [9.17, 15) is 9.18 Å². The minimum Gasteiger partial charge on any atom is -0.493 e. The van der Waals surface area contributed by atoms with Gasteiger partial charge in [-0.1, -0.05) is 44.9 Å². The van der Waals surface area contributed by atoms with Gasteiger partial charge in [0.05, 0.1) is 29.4 Å². The predicted octanol–water partition coefficient (Wildman–Crippen LogP) is 8.03. The molecule has 1 aromatic heterocycles. The molecule has 0 saturated heterocycles. The van der Waals surface area contributed by atoms with Gasteiger partial charge in [-0.05, 0) is 62.6 Å². The number of nitrogens with one attached hydrogen (secondary N) is 1. The zero-order valence-corrected chi connectivity index (χ0v) is 25.2. The Kier molecular flexibility index (Phi) is 11.8. The molecule has 1 aliphatic rings. The molecular formula is C31H42ClFN4O3. The second kappa shape index (κ2) is 15.0. The summed E-state index contributed by atoms with van der Waals surface area (Å²) < 4.78 is 26.1. The van der Waals surface area contributed by atoms with Crippen LogP contribution in [0.4, 0.5) is 15.9 Å². The smallest absolute Gasteiger partial charge is 0.225 e. The molecule has 1 N–H and O–H groups in total. The van der Waals surface area contributed by atoms with E-state index in [4.69, 9.17) is 21.1 Å². The van der Waals surface area contributed by atoms with Crippen molar-refractivity contribution in [3.8, 4) is 11.5 Å². The maximum atomic E-state index is 14.3. The average Bonchev–Trinajstić information content (AvgIpc) is 2.95. The molecule has 1 amide bonds. The van der Waals surface area contributed by atoms with Gasteiger partial charge in [0.25, 0.3) is 0 Å². The fourth-order valence-electron chi connectivity index (χ4n) is 4.89. The molecule has 0 spiro atoms. The molecule has 7 nitrogen and oxygen atoms in total. The van der Waals surface area contributed by atoms with Crippen LogP contribution in [0.1, 0.15) is 65.7 Å². The molecule has 1 aliphatic carbocycles. The first-order valence-electron chi connectivity index (χ1n) is 14.1. The SMILES string of the molecule is CCCC(CC)C(=O)N(C)C.COc1cc2ncnc(Nc3cccc(Cl)c3F)c2cc1OC1CCC(C)CC1. The van der Waals surface area contributed by atoms with Crippen LogP contribution in [-0.4, -0.2) is 48.1 Å². The number of halogens is 2. The van der Waals surface area contributed by atoms with Gasteiger partial charge in [-0.25, -0.2) is 14.4 Å². The molecule has 0 aliphatic heterocycles. The van der Waals surface area contributed by atoms with Crippen molar-refractivity contribution in [2.45, 2.75) is 71.8 Å². The Labute approximate surface area is 242 Å². The van der Waals surface area contributed by atoms with E-state index in [1.165, 1.54) is 12.4 Å². The van der Waals surface area contributed by atoms with Crippen LogP contribution in [0.5, 0.6) is 11.5 Å². The van der Waals surface area contributed by atoms with E-state index < -0.39 is 5.82 Å². The highest BCUT2D eigenvalue weighted by Crippen LogP contribution is 2.37. The molecule has 4 rings (SSSR count). The maximum absolute atomic E-state index is 14.3. The first kappa shape index (κ1) is 31.4. The molecule has 2 aromatic carbocycles. The molecule has 1 unspecified atom stereocenters. The number of aromatic nitrogens is 2. The van der Waals surface area contributed by atoms with Crippen LogP contribution in [-0.2, 0) is 4.79 Å². The van der Waals surface area contributed by atoms with E-state index in [-0.39, 0.29) is 28.6 Å². The number of carbonyl (C=O) groups is 1. The van der Waals surface area contributed by atoms with Crippen molar-refractivity contribution in [1.29, 1.82) is 0 Å². The number of ether oxygens (including phenoxy) is 2. The van der Waals surface area contributed by atoms with Crippen molar-refractivity contribution in [1.82, 2.24) is 14.9 Å². The average molecular weight is 573 g/mol. The number of nitrogens with zero attached hydrogens (tertiary/aromatic N) is 3. The summed E-state index contributed by atoms with van der Waals surface area (Å²) in [6, 6.07) is 8.47. The molecule has 1 heterocycles. The largest absolute Gasteiger partial charge is 0.493 e. The monoisotopic (exact) mass is 572 g/mol. The number of methoxy groups -OCH3 is 1. The van der Waals surface area contributed by atoms with Crippen LogP contribution in [0.15, 0.2) is 36.7 Å². The van der Waals surface area contributed by atoms with Gasteiger partial charge < -0.3 is 19.7 Å². The molecule has 0 bridgehead atoms. The van der Waals surface area contributed by atoms with E-state index in [1.807, 2.05) is 26.2 Å². The van der Waals surface area contributed by atoms with Crippen LogP contribution in [0.2, 0.25) is 5.02 Å². The summed E-state index contributed by atoms with van der Waals surface area (Å²) >= 11 is 5.90. The van der Waals surface area contributed by atoms with Crippen molar-refractivity contribution in [2.24, 2.45) is 11.8 Å². The number of carbonyl (C=O) groups excluding carboxylic acids is 1. The Hall–Kier alpha value is -3.13. The Balaban J connectivity index is 0.000000342. The first-order valence-corrected chi connectivity index (χ1v) is 14.5. The van der Waals surface area contributed by atoms with E-state index in [1.54, 1.807) is 24.1 Å². The van der Waals surface area contributed by atoms with Crippen molar-refractivity contribution >= 4 is 39.9 Å². The highest BCUT2D eigenvalue weighted by atomic mass is 35.5. The molecule has 1 saturated carbocycles. The second-order valence-electron chi connectivity index (χ2n) is 10.6. The molecule has 1 atom stereocenters. The third kappa shape index (κ3) is 8.19. The lowest BCUT2D eigenvalue weighted by molar-refractivity contribution is -0.133. The first-order chi connectivity index (χ1) is 19.2. The number of rotatable bonds is 9. The maximum Gasteiger partial charge on any atom is 0.225 e. The quantitative estimate of drug-likeness (QED) is 0.280. The highest BCUT2D eigenvalue weighted by Gasteiger charge is 2.22. The van der Waals surface area contributed by atoms with Crippen LogP contribution in [0, 0.1) is 17.7 Å². The normalized spacial score (nSPS) is 17.4. The summed E-state index contributed by atoms with van der Waals surface area (Å²) in [4.78, 5) is 21.7. The van der Waals surface area contributed by atoms with Crippen LogP contribution in [0.25, 0.3) is 10.9 Å². The van der Waals surface area contributed by atoms with Crippen LogP contribution in [0.3, 0.4) is 0 Å². The van der Waals surface area contributed by atoms with E-state index in [0.29, 0.717) is 28.2 Å². The second-order valence-corrected chi connectivity index (χ2v) is 11.0. The minimum absolute atomic E-state index is 0.0468. The summed E-state index contributed by atoms with van der Waals surface area (Å²) in [5.41, 5.74) is 0.920. The Morgan fingerprint density at radius 3 is 2.50 bits per heavy atom. The molecule has 0 radical (unpaired) electrons. The van der Waals surface area contributed by atoms with Crippen molar-refractivity contribution in [3.05, 3.63) is 47.5 Å². The number of fused-ring (bicyclic) bond motifs is 1. The Morgan fingerprint density at radius 1 is 1.15 bits per heavy atom. The standard InChI is InChI=1S/C22H23ClFN3O2.C9H19NO/c1-13-6-8-14(9-7-13)29-20-10-15-18(11-19(20)28-2)25-12-26-22(15)27-17-5-3-4-16(23)21(17)24;1-5-7-8(6-2)9(11)10(3)4/h3-5,10-14H,6-9H2,1-2H3,(H,25,26,27);8H,5-7H2,1-4H3. The zero-order chi connectivity index (χ0) is 29.2. The van der Waals surface area contributed by atoms with E-state index in [2.05, 4.69) is 36.1 Å². The lowest BCUT2D eigenvalue weighted by Gasteiger charge is -2.27. The molecule has 1 fully saturated rings. The van der Waals surface area contributed by atoms with Crippen molar-refractivity contribution in [2.75, 3.05) is 26.5 Å². The number of amides is 1. The summed E-state index contributed by atoms with van der Waals surface area (Å²) in [7, 11) is 5.25. The Morgan fingerprint density at radius 2 is 1.88 bits per heavy atom. The highest BCUT2D eigenvalue weighted by molar-refractivity contribution is 6.31. The van der Waals surface area contributed by atoms with Gasteiger partial charge in [0.2, 0.25) is 5.91 Å². The lowest BCUT2D eigenvalue weighted by atomic mass is 9.89. The minimum atomic E-state index is -0.526. The number of anilines is 2. The summed E-state index contributed by atoms with van der Waals surface area (Å²) in [5, 5.41) is 3.78. The fourth-order valence-corrected chi connectivity index (χ4v) is 5.06. The van der Waals surface area contributed by atoms with Crippen LogP contribution >= 0.6 is 11.6 Å². The Bertz CT molecular complexity index is 1260. The van der Waals surface area contributed by atoms with Crippen LogP contribution < -0.4 is 14.8 Å². The lowest BCUT2D eigenvalue weighted by Crippen LogP contribution is -2.29. The summed E-state index contributed by atoms with van der Waals surface area (Å²) in [6.07, 6.45) is 9.02. The van der Waals surface area contributed by atoms with E-state index in [0.717, 1.165) is 50.9 Å².